The monoisotopic (exact) mass is 614 g/mol. The summed E-state index contributed by atoms with van der Waals surface area (Å²) >= 11 is 0. The van der Waals surface area contributed by atoms with E-state index in [0.717, 1.165) is 5.56 Å². The van der Waals surface area contributed by atoms with Crippen molar-refractivity contribution in [2.75, 3.05) is 20.3 Å². The molecule has 1 rings (SSSR count). The molecule has 0 aliphatic heterocycles. The van der Waals surface area contributed by atoms with E-state index in [1.807, 2.05) is 0 Å². The Balaban J connectivity index is 3.10. The van der Waals surface area contributed by atoms with Crippen LogP contribution in [0.4, 0.5) is 4.79 Å². The Morgan fingerprint density at radius 2 is 1.68 bits per heavy atom. The third kappa shape index (κ3) is 16.1. The molecule has 242 valence electrons. The number of benzene rings is 1. The van der Waals surface area contributed by atoms with Gasteiger partial charge in [0.05, 0.1) is 13.5 Å². The van der Waals surface area contributed by atoms with Gasteiger partial charge in [0.25, 0.3) is 5.91 Å². The first-order chi connectivity index (χ1) is 20.8. The lowest BCUT2D eigenvalue weighted by Crippen LogP contribution is -2.49. The molecule has 0 unspecified atom stereocenters. The van der Waals surface area contributed by atoms with Crippen LogP contribution in [-0.2, 0) is 35.1 Å². The molecule has 12 nitrogen and oxygen atoms in total. The molecule has 4 N–H and O–H groups in total. The van der Waals surface area contributed by atoms with E-state index in [9.17, 15) is 24.0 Å². The number of methoxy groups -OCH3 is 1. The van der Waals surface area contributed by atoms with Crippen LogP contribution in [0, 0.1) is 0 Å². The van der Waals surface area contributed by atoms with Crippen LogP contribution >= 0.6 is 0 Å². The first-order valence-corrected chi connectivity index (χ1v) is 14.3. The average Bonchev–Trinajstić information content (AvgIpc) is 2.94. The van der Waals surface area contributed by atoms with Crippen LogP contribution < -0.4 is 26.0 Å². The van der Waals surface area contributed by atoms with Crippen LogP contribution in [0.25, 0.3) is 0 Å². The van der Waals surface area contributed by atoms with Crippen LogP contribution in [0.5, 0.6) is 5.75 Å². The zero-order valence-electron chi connectivity index (χ0n) is 26.3. The molecule has 0 aromatic heterocycles. The Morgan fingerprint density at radius 3 is 2.25 bits per heavy atom. The zero-order chi connectivity index (χ0) is 33.1. The first kappa shape index (κ1) is 37.4. The lowest BCUT2D eigenvalue weighted by atomic mass is 10.0. The summed E-state index contributed by atoms with van der Waals surface area (Å²) in [6, 6.07) is 5.40. The lowest BCUT2D eigenvalue weighted by molar-refractivity contribution is -0.141. The Morgan fingerprint density at radius 1 is 1.00 bits per heavy atom. The fraction of sp³-hybridized carbons (Fsp3) is 0.469. The Bertz CT molecular complexity index is 1170. The molecule has 0 radical (unpaired) electrons. The highest BCUT2D eigenvalue weighted by Gasteiger charge is 2.25. The van der Waals surface area contributed by atoms with Crippen LogP contribution in [0.3, 0.4) is 0 Å². The van der Waals surface area contributed by atoms with Gasteiger partial charge in [-0.3, -0.25) is 19.2 Å². The van der Waals surface area contributed by atoms with Crippen molar-refractivity contribution < 1.29 is 38.2 Å². The maximum atomic E-state index is 13.4. The molecule has 4 amide bonds. The van der Waals surface area contributed by atoms with E-state index in [1.165, 1.54) is 20.1 Å². The van der Waals surface area contributed by atoms with Crippen molar-refractivity contribution in [1.29, 1.82) is 0 Å². The smallest absolute Gasteiger partial charge is 0.407 e. The standard InChI is InChI=1S/C32H46N4O8/c1-8-12-24(21-28(38)42-7)35-29(39)26(13-10-11-18-33-31(41)44-32(4,5)6)36-30(40)27(34-22(3)37)20-23-14-16-25(17-15-23)43-19-9-2/h8-9,13-17,24,27H,1-2,10-12,18-21H2,3-7H3,(H,33,41)(H,34,37)(H,35,39)(H,36,40)/b26-13+/t24-,27-/m0/s1. The molecular formula is C32H46N4O8. The number of unbranched alkanes of at least 4 members (excludes halogenated alkanes) is 1. The van der Waals surface area contributed by atoms with Gasteiger partial charge in [0.2, 0.25) is 11.8 Å². The molecule has 0 aliphatic carbocycles. The SMILES string of the molecule is C=CCOc1ccc(C[C@H](NC(C)=O)C(=O)N/C(=C/CCCNC(=O)OC(C)(C)C)C(=O)N[C@@H](CC=C)CC(=O)OC)cc1. The predicted molar refractivity (Wildman–Crippen MR) is 167 cm³/mol. The second-order valence-electron chi connectivity index (χ2n) is 10.9. The number of ether oxygens (including phenoxy) is 3. The van der Waals surface area contributed by atoms with Gasteiger partial charge in [0, 0.05) is 25.9 Å². The lowest BCUT2D eigenvalue weighted by Gasteiger charge is -2.21. The molecule has 0 fully saturated rings. The van der Waals surface area contributed by atoms with Gasteiger partial charge in [-0.25, -0.2) is 4.79 Å². The predicted octanol–water partition coefficient (Wildman–Crippen LogP) is 3.23. The van der Waals surface area contributed by atoms with Crippen LogP contribution in [0.2, 0.25) is 0 Å². The highest BCUT2D eigenvalue weighted by molar-refractivity contribution is 5.99. The maximum Gasteiger partial charge on any atom is 0.407 e. The highest BCUT2D eigenvalue weighted by Crippen LogP contribution is 2.14. The summed E-state index contributed by atoms with van der Waals surface area (Å²) in [4.78, 5) is 62.5. The van der Waals surface area contributed by atoms with E-state index < -0.39 is 47.5 Å². The molecule has 0 saturated carbocycles. The summed E-state index contributed by atoms with van der Waals surface area (Å²) in [5, 5.41) is 10.6. The van der Waals surface area contributed by atoms with E-state index in [4.69, 9.17) is 14.2 Å². The van der Waals surface area contributed by atoms with Crippen molar-refractivity contribution in [3.8, 4) is 5.75 Å². The Labute approximate surface area is 259 Å². The summed E-state index contributed by atoms with van der Waals surface area (Å²) in [6.07, 6.45) is 5.18. The number of hydrogen-bond donors (Lipinski definition) is 4. The topological polar surface area (TPSA) is 161 Å². The third-order valence-corrected chi connectivity index (χ3v) is 5.75. The third-order valence-electron chi connectivity index (χ3n) is 5.75. The zero-order valence-corrected chi connectivity index (χ0v) is 26.3. The van der Waals surface area contributed by atoms with Gasteiger partial charge in [-0.05, 0) is 57.7 Å². The minimum absolute atomic E-state index is 0.0743. The molecular weight excluding hydrogens is 568 g/mol. The number of allylic oxidation sites excluding steroid dienone is 1. The quantitative estimate of drug-likeness (QED) is 0.0848. The Kier molecular flexibility index (Phi) is 16.6. The van der Waals surface area contributed by atoms with Gasteiger partial charge in [-0.1, -0.05) is 36.9 Å². The molecule has 0 saturated heterocycles. The fourth-order valence-corrected chi connectivity index (χ4v) is 3.78. The van der Waals surface area contributed by atoms with Gasteiger partial charge < -0.3 is 35.5 Å². The summed E-state index contributed by atoms with van der Waals surface area (Å²) in [6.45, 7) is 14.4. The molecule has 0 bridgehead atoms. The molecule has 12 heteroatoms. The van der Waals surface area contributed by atoms with Crippen molar-refractivity contribution in [2.24, 2.45) is 0 Å². The van der Waals surface area contributed by atoms with Crippen molar-refractivity contribution in [1.82, 2.24) is 21.3 Å². The fourth-order valence-electron chi connectivity index (χ4n) is 3.78. The van der Waals surface area contributed by atoms with E-state index in [-0.39, 0.29) is 31.5 Å². The molecule has 2 atom stereocenters. The van der Waals surface area contributed by atoms with E-state index >= 15 is 0 Å². The Hall–Kier alpha value is -4.61. The summed E-state index contributed by atoms with van der Waals surface area (Å²) in [5.74, 6) is -1.58. The van der Waals surface area contributed by atoms with Crippen molar-refractivity contribution in [3.63, 3.8) is 0 Å². The van der Waals surface area contributed by atoms with E-state index in [2.05, 4.69) is 34.4 Å². The minimum Gasteiger partial charge on any atom is -0.490 e. The van der Waals surface area contributed by atoms with Crippen molar-refractivity contribution in [3.05, 3.63) is 66.9 Å². The minimum atomic E-state index is -1.00. The number of nitrogens with one attached hydrogen (secondary N) is 4. The van der Waals surface area contributed by atoms with Gasteiger partial charge in [0.15, 0.2) is 0 Å². The van der Waals surface area contributed by atoms with E-state index in [0.29, 0.717) is 25.2 Å². The number of carbonyl (C=O) groups is 5. The van der Waals surface area contributed by atoms with Crippen LogP contribution in [0.1, 0.15) is 58.9 Å². The number of alkyl carbamates (subject to hydrolysis) is 1. The van der Waals surface area contributed by atoms with Gasteiger partial charge >= 0.3 is 12.1 Å². The maximum absolute atomic E-state index is 13.4. The largest absolute Gasteiger partial charge is 0.490 e. The van der Waals surface area contributed by atoms with Crippen LogP contribution in [-0.4, -0.2) is 67.7 Å². The highest BCUT2D eigenvalue weighted by atomic mass is 16.6. The normalized spacial score (nSPS) is 12.5. The molecule has 0 spiro atoms. The van der Waals surface area contributed by atoms with Gasteiger partial charge in [-0.15, -0.1) is 6.58 Å². The van der Waals surface area contributed by atoms with E-state index in [1.54, 1.807) is 57.2 Å². The molecule has 1 aromatic rings. The molecule has 44 heavy (non-hydrogen) atoms. The number of rotatable bonds is 18. The number of amides is 4. The summed E-state index contributed by atoms with van der Waals surface area (Å²) in [7, 11) is 1.25. The second-order valence-corrected chi connectivity index (χ2v) is 10.9. The summed E-state index contributed by atoms with van der Waals surface area (Å²) < 4.78 is 15.4. The first-order valence-electron chi connectivity index (χ1n) is 14.3. The summed E-state index contributed by atoms with van der Waals surface area (Å²) in [5.41, 5.74) is 0.0317. The van der Waals surface area contributed by atoms with Crippen molar-refractivity contribution in [2.45, 2.75) is 77.5 Å². The molecule has 1 aromatic carbocycles. The average molecular weight is 615 g/mol. The number of esters is 1. The molecule has 0 aliphatic rings. The number of hydrogen-bond acceptors (Lipinski definition) is 8. The molecule has 0 heterocycles. The number of carbonyl (C=O) groups excluding carboxylic acids is 5. The van der Waals surface area contributed by atoms with Gasteiger partial charge in [-0.2, -0.15) is 0 Å². The van der Waals surface area contributed by atoms with Gasteiger partial charge in [0.1, 0.15) is 29.7 Å². The second kappa shape index (κ2) is 19.6. The van der Waals surface area contributed by atoms with Crippen LogP contribution in [0.15, 0.2) is 61.3 Å². The van der Waals surface area contributed by atoms with Crippen molar-refractivity contribution >= 4 is 29.8 Å².